The Labute approximate surface area is 103 Å². The highest BCUT2D eigenvalue weighted by molar-refractivity contribution is 5.75. The lowest BCUT2D eigenvalue weighted by Crippen LogP contribution is -2.28. The van der Waals surface area contributed by atoms with Gasteiger partial charge in [0.15, 0.2) is 6.10 Å². The SMILES string of the molecule is CCOC(=O)[C@@H](CC)Oc1ccc(C)c(C)c1. The molecule has 3 nitrogen and oxygen atoms in total. The van der Waals surface area contributed by atoms with Crippen molar-refractivity contribution >= 4 is 5.97 Å². The molecule has 1 aromatic rings. The van der Waals surface area contributed by atoms with E-state index in [1.165, 1.54) is 5.56 Å². The first-order valence-electron chi connectivity index (χ1n) is 5.99. The molecule has 0 radical (unpaired) electrons. The molecule has 0 aliphatic rings. The Morgan fingerprint density at radius 1 is 1.24 bits per heavy atom. The lowest BCUT2D eigenvalue weighted by atomic mass is 10.1. The highest BCUT2D eigenvalue weighted by atomic mass is 16.6. The van der Waals surface area contributed by atoms with Crippen molar-refractivity contribution in [1.29, 1.82) is 0 Å². The second-order valence-corrected chi connectivity index (χ2v) is 4.01. The van der Waals surface area contributed by atoms with Gasteiger partial charge in [0.25, 0.3) is 0 Å². The molecule has 0 saturated carbocycles. The van der Waals surface area contributed by atoms with Crippen molar-refractivity contribution in [2.24, 2.45) is 0 Å². The molecular weight excluding hydrogens is 216 g/mol. The van der Waals surface area contributed by atoms with Gasteiger partial charge in [-0.3, -0.25) is 0 Å². The molecule has 1 aromatic carbocycles. The van der Waals surface area contributed by atoms with Crippen molar-refractivity contribution in [1.82, 2.24) is 0 Å². The second-order valence-electron chi connectivity index (χ2n) is 4.01. The van der Waals surface area contributed by atoms with Gasteiger partial charge in [-0.2, -0.15) is 0 Å². The molecule has 0 amide bonds. The summed E-state index contributed by atoms with van der Waals surface area (Å²) in [5.41, 5.74) is 2.36. The zero-order chi connectivity index (χ0) is 12.8. The second kappa shape index (κ2) is 6.28. The van der Waals surface area contributed by atoms with Gasteiger partial charge in [-0.1, -0.05) is 13.0 Å². The van der Waals surface area contributed by atoms with E-state index in [4.69, 9.17) is 9.47 Å². The molecule has 0 aliphatic heterocycles. The van der Waals surface area contributed by atoms with Crippen LogP contribution < -0.4 is 4.74 Å². The summed E-state index contributed by atoms with van der Waals surface area (Å²) < 4.78 is 10.6. The average molecular weight is 236 g/mol. The van der Waals surface area contributed by atoms with E-state index in [1.807, 2.05) is 39.0 Å². The van der Waals surface area contributed by atoms with E-state index in [0.717, 1.165) is 5.56 Å². The third kappa shape index (κ3) is 3.77. The van der Waals surface area contributed by atoms with E-state index in [2.05, 4.69) is 0 Å². The molecule has 0 N–H and O–H groups in total. The molecule has 0 bridgehead atoms. The first-order chi connectivity index (χ1) is 8.08. The molecule has 3 heteroatoms. The highest BCUT2D eigenvalue weighted by Crippen LogP contribution is 2.18. The van der Waals surface area contributed by atoms with Crippen LogP contribution in [-0.4, -0.2) is 18.7 Å². The van der Waals surface area contributed by atoms with E-state index in [1.54, 1.807) is 6.92 Å². The van der Waals surface area contributed by atoms with Crippen LogP contribution in [0.25, 0.3) is 0 Å². The van der Waals surface area contributed by atoms with Crippen LogP contribution in [0.1, 0.15) is 31.4 Å². The van der Waals surface area contributed by atoms with Crippen molar-refractivity contribution in [3.8, 4) is 5.75 Å². The number of carbonyl (C=O) groups is 1. The topological polar surface area (TPSA) is 35.5 Å². The Bertz CT molecular complexity index is 385. The smallest absolute Gasteiger partial charge is 0.347 e. The average Bonchev–Trinajstić information content (AvgIpc) is 2.30. The molecule has 1 rings (SSSR count). The number of aryl methyl sites for hydroxylation is 2. The van der Waals surface area contributed by atoms with Crippen LogP contribution in [0.5, 0.6) is 5.75 Å². The van der Waals surface area contributed by atoms with E-state index < -0.39 is 6.10 Å². The summed E-state index contributed by atoms with van der Waals surface area (Å²) >= 11 is 0. The lowest BCUT2D eigenvalue weighted by Gasteiger charge is -2.16. The maximum Gasteiger partial charge on any atom is 0.347 e. The minimum atomic E-state index is -0.517. The predicted molar refractivity (Wildman–Crippen MR) is 67.3 cm³/mol. The van der Waals surface area contributed by atoms with Gasteiger partial charge < -0.3 is 9.47 Å². The first kappa shape index (κ1) is 13.6. The third-order valence-corrected chi connectivity index (χ3v) is 2.68. The standard InChI is InChI=1S/C14H20O3/c1-5-13(14(15)16-6-2)17-12-8-7-10(3)11(4)9-12/h7-9,13H,5-6H2,1-4H3/t13-/m1/s1. The van der Waals surface area contributed by atoms with E-state index >= 15 is 0 Å². The van der Waals surface area contributed by atoms with Gasteiger partial charge in [-0.15, -0.1) is 0 Å². The normalized spacial score (nSPS) is 12.0. The van der Waals surface area contributed by atoms with Gasteiger partial charge >= 0.3 is 5.97 Å². The van der Waals surface area contributed by atoms with Crippen molar-refractivity contribution < 1.29 is 14.3 Å². The number of esters is 1. The van der Waals surface area contributed by atoms with Crippen LogP contribution in [-0.2, 0) is 9.53 Å². The van der Waals surface area contributed by atoms with E-state index in [-0.39, 0.29) is 5.97 Å². The Morgan fingerprint density at radius 2 is 1.94 bits per heavy atom. The zero-order valence-electron chi connectivity index (χ0n) is 10.9. The molecule has 0 heterocycles. The summed E-state index contributed by atoms with van der Waals surface area (Å²) in [6.07, 6.45) is 0.0863. The summed E-state index contributed by atoms with van der Waals surface area (Å²) in [6.45, 7) is 8.14. The number of hydrogen-bond acceptors (Lipinski definition) is 3. The fourth-order valence-corrected chi connectivity index (χ4v) is 1.48. The van der Waals surface area contributed by atoms with Gasteiger partial charge in [0.1, 0.15) is 5.75 Å². The van der Waals surface area contributed by atoms with Crippen LogP contribution in [0.4, 0.5) is 0 Å². The molecule has 0 spiro atoms. The van der Waals surface area contributed by atoms with Gasteiger partial charge in [0.2, 0.25) is 0 Å². The molecule has 0 fully saturated rings. The monoisotopic (exact) mass is 236 g/mol. The van der Waals surface area contributed by atoms with Gasteiger partial charge in [0.05, 0.1) is 6.61 Å². The fourth-order valence-electron chi connectivity index (χ4n) is 1.48. The first-order valence-corrected chi connectivity index (χ1v) is 5.99. The summed E-state index contributed by atoms with van der Waals surface area (Å²) in [6, 6.07) is 5.81. The van der Waals surface area contributed by atoms with Crippen LogP contribution in [0.2, 0.25) is 0 Å². The van der Waals surface area contributed by atoms with Crippen LogP contribution >= 0.6 is 0 Å². The zero-order valence-corrected chi connectivity index (χ0v) is 10.9. The molecule has 1 atom stereocenters. The quantitative estimate of drug-likeness (QED) is 0.737. The van der Waals surface area contributed by atoms with Gasteiger partial charge in [0, 0.05) is 0 Å². The molecule has 0 unspecified atom stereocenters. The van der Waals surface area contributed by atoms with Gasteiger partial charge in [-0.25, -0.2) is 4.79 Å². The molecule has 0 saturated heterocycles. The Kier molecular flexibility index (Phi) is 5.01. The molecule has 0 aliphatic carbocycles. The van der Waals surface area contributed by atoms with Crippen LogP contribution in [0.15, 0.2) is 18.2 Å². The minimum Gasteiger partial charge on any atom is -0.479 e. The maximum absolute atomic E-state index is 11.6. The summed E-state index contributed by atoms with van der Waals surface area (Å²) in [7, 11) is 0. The molecule has 17 heavy (non-hydrogen) atoms. The number of benzene rings is 1. The van der Waals surface area contributed by atoms with E-state index in [0.29, 0.717) is 18.8 Å². The minimum absolute atomic E-state index is 0.298. The molecule has 0 aromatic heterocycles. The van der Waals surface area contributed by atoms with Crippen LogP contribution in [0.3, 0.4) is 0 Å². The van der Waals surface area contributed by atoms with Gasteiger partial charge in [-0.05, 0) is 50.5 Å². The predicted octanol–water partition coefficient (Wildman–Crippen LogP) is 3.02. The van der Waals surface area contributed by atoms with Crippen molar-refractivity contribution in [2.75, 3.05) is 6.61 Å². The number of ether oxygens (including phenoxy) is 2. The Hall–Kier alpha value is -1.51. The van der Waals surface area contributed by atoms with Crippen molar-refractivity contribution in [3.63, 3.8) is 0 Å². The molecule has 94 valence electrons. The molecular formula is C14H20O3. The van der Waals surface area contributed by atoms with E-state index in [9.17, 15) is 4.79 Å². The largest absolute Gasteiger partial charge is 0.479 e. The fraction of sp³-hybridized carbons (Fsp3) is 0.500. The highest BCUT2D eigenvalue weighted by Gasteiger charge is 2.19. The lowest BCUT2D eigenvalue weighted by molar-refractivity contribution is -0.151. The Balaban J connectivity index is 2.73. The summed E-state index contributed by atoms with van der Waals surface area (Å²) in [5.74, 6) is 0.418. The number of carbonyl (C=O) groups excluding carboxylic acids is 1. The van der Waals surface area contributed by atoms with Crippen molar-refractivity contribution in [3.05, 3.63) is 29.3 Å². The van der Waals surface area contributed by atoms with Crippen LogP contribution in [0, 0.1) is 13.8 Å². The maximum atomic E-state index is 11.6. The summed E-state index contributed by atoms with van der Waals surface area (Å²) in [5, 5.41) is 0. The third-order valence-electron chi connectivity index (χ3n) is 2.68. The summed E-state index contributed by atoms with van der Waals surface area (Å²) in [4.78, 5) is 11.6. The Morgan fingerprint density at radius 3 is 2.47 bits per heavy atom. The van der Waals surface area contributed by atoms with Crippen molar-refractivity contribution in [2.45, 2.75) is 40.2 Å². The number of hydrogen-bond donors (Lipinski definition) is 0. The number of rotatable bonds is 5.